The van der Waals surface area contributed by atoms with Crippen molar-refractivity contribution in [3.8, 4) is 0 Å². The third-order valence-corrected chi connectivity index (χ3v) is 9.94. The van der Waals surface area contributed by atoms with E-state index >= 15 is 0 Å². The van der Waals surface area contributed by atoms with Crippen LogP contribution in [0.5, 0.6) is 0 Å². The highest BCUT2D eigenvalue weighted by Gasteiger charge is 2.29. The molecule has 0 aliphatic rings. The van der Waals surface area contributed by atoms with E-state index in [1.807, 2.05) is 0 Å². The largest absolute Gasteiger partial charge is 0.397 e. The highest BCUT2D eigenvalue weighted by molar-refractivity contribution is 6.80. The number of benzene rings is 2. The Balaban J connectivity index is 2.29. The van der Waals surface area contributed by atoms with Gasteiger partial charge in [-0.15, -0.1) is 0 Å². The van der Waals surface area contributed by atoms with Crippen LogP contribution in [0.4, 0.5) is 11.4 Å². The van der Waals surface area contributed by atoms with Crippen molar-refractivity contribution in [3.63, 3.8) is 0 Å². The Labute approximate surface area is 182 Å². The van der Waals surface area contributed by atoms with Crippen molar-refractivity contribution in [3.05, 3.63) is 58.7 Å². The van der Waals surface area contributed by atoms with E-state index in [1.165, 1.54) is 40.0 Å². The van der Waals surface area contributed by atoms with Crippen molar-refractivity contribution in [2.75, 3.05) is 22.2 Å². The van der Waals surface area contributed by atoms with Crippen molar-refractivity contribution in [2.45, 2.75) is 73.4 Å². The summed E-state index contributed by atoms with van der Waals surface area (Å²) < 4.78 is 5.51. The van der Waals surface area contributed by atoms with Gasteiger partial charge in [0.2, 0.25) is 0 Å². The maximum Gasteiger partial charge on any atom is 0.147 e. The van der Waals surface area contributed by atoms with Crippen LogP contribution in [-0.2, 0) is 0 Å². The number of aryl methyl sites for hydroxylation is 4. The van der Waals surface area contributed by atoms with Crippen LogP contribution in [-0.4, -0.2) is 29.6 Å². The molecule has 0 aliphatic heterocycles. The molecule has 0 spiro atoms. The summed E-state index contributed by atoms with van der Waals surface area (Å²) in [6, 6.07) is 13.4. The fourth-order valence-corrected chi connectivity index (χ4v) is 8.12. The maximum atomic E-state index is 2.75. The van der Waals surface area contributed by atoms with Crippen molar-refractivity contribution < 1.29 is 0 Å². The van der Waals surface area contributed by atoms with E-state index < -0.39 is 16.5 Å². The lowest BCUT2D eigenvalue weighted by atomic mass is 10.1. The lowest BCUT2D eigenvalue weighted by Crippen LogP contribution is -2.51. The number of para-hydroxylation sites is 2. The average molecular weight is 427 g/mol. The first kappa shape index (κ1) is 23.7. The molecule has 0 aromatic heterocycles. The smallest absolute Gasteiger partial charge is 0.147 e. The molecular formula is C25H42N2Si2. The zero-order chi connectivity index (χ0) is 22.0. The third kappa shape index (κ3) is 5.76. The minimum Gasteiger partial charge on any atom is -0.397 e. The van der Waals surface area contributed by atoms with E-state index in [2.05, 4.69) is 113 Å². The first-order valence-corrected chi connectivity index (χ1v) is 17.9. The van der Waals surface area contributed by atoms with Gasteiger partial charge in [0, 0.05) is 24.5 Å². The Morgan fingerprint density at radius 2 is 0.828 bits per heavy atom. The molecule has 0 saturated carbocycles. The van der Waals surface area contributed by atoms with E-state index in [4.69, 9.17) is 0 Å². The van der Waals surface area contributed by atoms with Crippen molar-refractivity contribution in [2.24, 2.45) is 0 Å². The molecule has 2 rings (SSSR count). The van der Waals surface area contributed by atoms with Crippen LogP contribution < -0.4 is 9.13 Å². The van der Waals surface area contributed by atoms with Crippen molar-refractivity contribution in [1.82, 2.24) is 0 Å². The summed E-state index contributed by atoms with van der Waals surface area (Å²) in [6.07, 6.45) is 1.19. The highest BCUT2D eigenvalue weighted by Crippen LogP contribution is 2.31. The van der Waals surface area contributed by atoms with Gasteiger partial charge in [0.15, 0.2) is 0 Å². The zero-order valence-electron chi connectivity index (χ0n) is 20.5. The van der Waals surface area contributed by atoms with E-state index in [9.17, 15) is 0 Å². The normalized spacial score (nSPS) is 12.2. The molecule has 0 heterocycles. The molecule has 0 bridgehead atoms. The van der Waals surface area contributed by atoms with Gasteiger partial charge in [0.1, 0.15) is 16.5 Å². The molecule has 4 heteroatoms. The monoisotopic (exact) mass is 426 g/mol. The first-order valence-electron chi connectivity index (χ1n) is 11.0. The Morgan fingerprint density at radius 1 is 0.552 bits per heavy atom. The molecule has 0 aliphatic carbocycles. The maximum absolute atomic E-state index is 2.75. The summed E-state index contributed by atoms with van der Waals surface area (Å²) >= 11 is 0. The van der Waals surface area contributed by atoms with Gasteiger partial charge in [0.05, 0.1) is 0 Å². The SMILES string of the molecule is Cc1cccc(C)c1N(CCCN(c1c(C)cccc1C)[Si](C)(C)C)[Si](C)(C)C. The Hall–Kier alpha value is -1.53. The Kier molecular flexibility index (Phi) is 7.44. The molecular weight excluding hydrogens is 384 g/mol. The van der Waals surface area contributed by atoms with Gasteiger partial charge in [0.25, 0.3) is 0 Å². The summed E-state index contributed by atoms with van der Waals surface area (Å²) in [5, 5.41) is 0. The fourth-order valence-electron chi connectivity index (χ4n) is 4.42. The first-order chi connectivity index (χ1) is 13.3. The number of rotatable bonds is 8. The van der Waals surface area contributed by atoms with Gasteiger partial charge in [-0.05, 0) is 56.4 Å². The molecule has 2 aromatic carbocycles. The number of nitrogens with zero attached hydrogens (tertiary/aromatic N) is 2. The summed E-state index contributed by atoms with van der Waals surface area (Å²) in [5.74, 6) is 0. The lowest BCUT2D eigenvalue weighted by molar-refractivity contribution is 0.811. The zero-order valence-corrected chi connectivity index (χ0v) is 22.5. The fraction of sp³-hybridized carbons (Fsp3) is 0.520. The van der Waals surface area contributed by atoms with E-state index in [1.54, 1.807) is 0 Å². The number of anilines is 2. The molecule has 0 radical (unpaired) electrons. The molecule has 0 unspecified atom stereocenters. The van der Waals surface area contributed by atoms with Gasteiger partial charge in [-0.25, -0.2) is 0 Å². The molecule has 0 saturated heterocycles. The molecule has 0 amide bonds. The van der Waals surface area contributed by atoms with E-state index in [0.717, 1.165) is 13.1 Å². The van der Waals surface area contributed by atoms with Crippen LogP contribution in [0.25, 0.3) is 0 Å². The molecule has 0 atom stereocenters. The minimum absolute atomic E-state index is 1.13. The third-order valence-electron chi connectivity index (χ3n) is 5.80. The van der Waals surface area contributed by atoms with Gasteiger partial charge < -0.3 is 9.13 Å². The predicted molar refractivity (Wildman–Crippen MR) is 138 cm³/mol. The standard InChI is InChI=1S/C25H42N2Si2/c1-20-14-11-15-21(2)24(20)26(28(5,6)7)18-13-19-27(29(8,9)10)25-22(3)16-12-17-23(25)4/h11-12,14-17H,13,18-19H2,1-10H3. The lowest BCUT2D eigenvalue weighted by Gasteiger charge is -2.41. The summed E-state index contributed by atoms with van der Waals surface area (Å²) in [4.78, 5) is 0. The second-order valence-corrected chi connectivity index (χ2v) is 20.2. The van der Waals surface area contributed by atoms with Crippen molar-refractivity contribution in [1.29, 1.82) is 0 Å². The van der Waals surface area contributed by atoms with Crippen LogP contribution in [0, 0.1) is 27.7 Å². The van der Waals surface area contributed by atoms with Crippen LogP contribution in [0.3, 0.4) is 0 Å². The quantitative estimate of drug-likeness (QED) is 0.409. The van der Waals surface area contributed by atoms with Crippen LogP contribution in [0.1, 0.15) is 28.7 Å². The number of hydrogen-bond acceptors (Lipinski definition) is 2. The molecule has 2 aromatic rings. The Bertz CT molecular complexity index is 722. The van der Waals surface area contributed by atoms with Crippen molar-refractivity contribution >= 4 is 27.8 Å². The van der Waals surface area contributed by atoms with E-state index in [-0.39, 0.29) is 0 Å². The summed E-state index contributed by atoms with van der Waals surface area (Å²) in [5.41, 5.74) is 8.57. The van der Waals surface area contributed by atoms with E-state index in [0.29, 0.717) is 0 Å². The average Bonchev–Trinajstić information content (AvgIpc) is 2.56. The highest BCUT2D eigenvalue weighted by atomic mass is 28.3. The topological polar surface area (TPSA) is 6.48 Å². The van der Waals surface area contributed by atoms with Crippen LogP contribution in [0.15, 0.2) is 36.4 Å². The van der Waals surface area contributed by atoms with Gasteiger partial charge in [-0.1, -0.05) is 75.7 Å². The Morgan fingerprint density at radius 3 is 1.07 bits per heavy atom. The molecule has 0 fully saturated rings. The predicted octanol–water partition coefficient (Wildman–Crippen LogP) is 7.29. The number of hydrogen-bond donors (Lipinski definition) is 0. The summed E-state index contributed by atoms with van der Waals surface area (Å²) in [6.45, 7) is 26.2. The van der Waals surface area contributed by atoms with Gasteiger partial charge in [-0.3, -0.25) is 0 Å². The van der Waals surface area contributed by atoms with Gasteiger partial charge in [-0.2, -0.15) is 0 Å². The van der Waals surface area contributed by atoms with Crippen LogP contribution >= 0.6 is 0 Å². The minimum atomic E-state index is -1.48. The second kappa shape index (κ2) is 9.09. The molecule has 0 N–H and O–H groups in total. The van der Waals surface area contributed by atoms with Gasteiger partial charge >= 0.3 is 0 Å². The molecule has 29 heavy (non-hydrogen) atoms. The summed E-state index contributed by atoms with van der Waals surface area (Å²) in [7, 11) is -2.97. The molecule has 2 nitrogen and oxygen atoms in total. The molecule has 160 valence electrons. The second-order valence-electron chi connectivity index (χ2n) is 10.5. The van der Waals surface area contributed by atoms with Crippen LogP contribution in [0.2, 0.25) is 39.3 Å².